The second-order valence-electron chi connectivity index (χ2n) is 6.77. The number of benzene rings is 1. The Morgan fingerprint density at radius 2 is 1.79 bits per heavy atom. The van der Waals surface area contributed by atoms with Gasteiger partial charge >= 0.3 is 0 Å². The SMILES string of the molecule is NC(=O)CN(CCc1ccncc1)C(Cc1cccnc1)c1cccc(Cl)c1Cl. The number of rotatable bonds is 9. The molecule has 0 saturated heterocycles. The van der Waals surface area contributed by atoms with E-state index in [1.165, 1.54) is 0 Å². The van der Waals surface area contributed by atoms with E-state index < -0.39 is 5.91 Å². The predicted octanol–water partition coefficient (Wildman–Crippen LogP) is 4.10. The van der Waals surface area contributed by atoms with Gasteiger partial charge in [-0.15, -0.1) is 0 Å². The number of carbonyl (C=O) groups is 1. The fraction of sp³-hybridized carbons (Fsp3) is 0.227. The number of carbonyl (C=O) groups excluding carboxylic acids is 1. The molecule has 5 nitrogen and oxygen atoms in total. The summed E-state index contributed by atoms with van der Waals surface area (Å²) in [5.74, 6) is -0.394. The molecule has 29 heavy (non-hydrogen) atoms. The van der Waals surface area contributed by atoms with Crippen molar-refractivity contribution in [3.8, 4) is 0 Å². The molecule has 0 radical (unpaired) electrons. The summed E-state index contributed by atoms with van der Waals surface area (Å²) >= 11 is 12.8. The molecular weight excluding hydrogens is 407 g/mol. The second-order valence-corrected chi connectivity index (χ2v) is 7.55. The van der Waals surface area contributed by atoms with Crippen LogP contribution in [-0.2, 0) is 17.6 Å². The van der Waals surface area contributed by atoms with Gasteiger partial charge in [-0.3, -0.25) is 19.7 Å². The molecule has 3 aromatic rings. The second kappa shape index (κ2) is 10.3. The van der Waals surface area contributed by atoms with Gasteiger partial charge in [0, 0.05) is 37.4 Å². The van der Waals surface area contributed by atoms with E-state index in [9.17, 15) is 4.79 Å². The normalized spacial score (nSPS) is 12.1. The Morgan fingerprint density at radius 3 is 2.48 bits per heavy atom. The molecule has 1 amide bonds. The Kier molecular flexibility index (Phi) is 7.58. The van der Waals surface area contributed by atoms with Gasteiger partial charge < -0.3 is 5.73 Å². The summed E-state index contributed by atoms with van der Waals surface area (Å²) in [4.78, 5) is 22.2. The van der Waals surface area contributed by atoms with Gasteiger partial charge in [-0.1, -0.05) is 41.4 Å². The maximum atomic E-state index is 11.9. The molecule has 0 fully saturated rings. The fourth-order valence-electron chi connectivity index (χ4n) is 3.32. The molecule has 3 rings (SSSR count). The number of nitrogens with two attached hydrogens (primary N) is 1. The lowest BCUT2D eigenvalue weighted by Gasteiger charge is -2.32. The number of amides is 1. The molecule has 1 aromatic carbocycles. The largest absolute Gasteiger partial charge is 0.369 e. The molecule has 0 saturated carbocycles. The molecule has 0 aliphatic heterocycles. The molecule has 0 spiro atoms. The summed E-state index contributed by atoms with van der Waals surface area (Å²) < 4.78 is 0. The first-order chi connectivity index (χ1) is 14.0. The fourth-order valence-corrected chi connectivity index (χ4v) is 3.76. The minimum absolute atomic E-state index is 0.110. The van der Waals surface area contributed by atoms with Crippen molar-refractivity contribution in [3.05, 3.63) is 94.0 Å². The van der Waals surface area contributed by atoms with Crippen molar-refractivity contribution in [1.29, 1.82) is 0 Å². The van der Waals surface area contributed by atoms with E-state index in [0.29, 0.717) is 23.0 Å². The van der Waals surface area contributed by atoms with Crippen LogP contribution in [0.5, 0.6) is 0 Å². The number of nitrogens with zero attached hydrogens (tertiary/aromatic N) is 3. The highest BCUT2D eigenvalue weighted by Gasteiger charge is 2.25. The minimum Gasteiger partial charge on any atom is -0.369 e. The smallest absolute Gasteiger partial charge is 0.231 e. The highest BCUT2D eigenvalue weighted by molar-refractivity contribution is 6.42. The average molecular weight is 429 g/mol. The van der Waals surface area contributed by atoms with Crippen molar-refractivity contribution >= 4 is 29.1 Å². The van der Waals surface area contributed by atoms with Crippen LogP contribution in [0.25, 0.3) is 0 Å². The highest BCUT2D eigenvalue weighted by atomic mass is 35.5. The lowest BCUT2D eigenvalue weighted by molar-refractivity contribution is -0.119. The summed E-state index contributed by atoms with van der Waals surface area (Å²) in [6, 6.07) is 13.2. The van der Waals surface area contributed by atoms with Gasteiger partial charge in [0.05, 0.1) is 16.6 Å². The number of halogens is 2. The Balaban J connectivity index is 1.94. The van der Waals surface area contributed by atoms with E-state index in [1.54, 1.807) is 24.7 Å². The molecule has 0 aliphatic carbocycles. The molecule has 2 N–H and O–H groups in total. The summed E-state index contributed by atoms with van der Waals surface area (Å²) in [5.41, 5.74) is 8.60. The predicted molar refractivity (Wildman–Crippen MR) is 116 cm³/mol. The Labute approximate surface area is 180 Å². The Bertz CT molecular complexity index is 938. The number of pyridine rings is 2. The van der Waals surface area contributed by atoms with Gasteiger partial charge in [-0.2, -0.15) is 0 Å². The summed E-state index contributed by atoms with van der Waals surface area (Å²) in [6.45, 7) is 0.736. The molecule has 7 heteroatoms. The van der Waals surface area contributed by atoms with Crippen LogP contribution in [0.4, 0.5) is 0 Å². The molecule has 150 valence electrons. The van der Waals surface area contributed by atoms with E-state index in [-0.39, 0.29) is 12.6 Å². The van der Waals surface area contributed by atoms with Crippen LogP contribution in [0.2, 0.25) is 10.0 Å². The zero-order valence-corrected chi connectivity index (χ0v) is 17.4. The lowest BCUT2D eigenvalue weighted by atomic mass is 9.97. The minimum atomic E-state index is -0.394. The van der Waals surface area contributed by atoms with Crippen molar-refractivity contribution in [1.82, 2.24) is 14.9 Å². The molecule has 2 heterocycles. The first-order valence-electron chi connectivity index (χ1n) is 9.28. The van der Waals surface area contributed by atoms with Crippen LogP contribution in [0, 0.1) is 0 Å². The van der Waals surface area contributed by atoms with Crippen molar-refractivity contribution in [2.24, 2.45) is 5.73 Å². The number of primary amides is 1. The third-order valence-electron chi connectivity index (χ3n) is 4.73. The molecule has 1 unspecified atom stereocenters. The van der Waals surface area contributed by atoms with Crippen LogP contribution in [0.1, 0.15) is 22.7 Å². The Morgan fingerprint density at radius 1 is 1.00 bits per heavy atom. The van der Waals surface area contributed by atoms with Gasteiger partial charge in [0.25, 0.3) is 0 Å². The zero-order valence-electron chi connectivity index (χ0n) is 15.8. The maximum Gasteiger partial charge on any atom is 0.231 e. The van der Waals surface area contributed by atoms with Crippen molar-refractivity contribution in [2.45, 2.75) is 18.9 Å². The van der Waals surface area contributed by atoms with Gasteiger partial charge in [-0.05, 0) is 53.8 Å². The number of hydrogen-bond acceptors (Lipinski definition) is 4. The Hall–Kier alpha value is -2.47. The van der Waals surface area contributed by atoms with Crippen molar-refractivity contribution in [3.63, 3.8) is 0 Å². The van der Waals surface area contributed by atoms with Gasteiger partial charge in [-0.25, -0.2) is 0 Å². The first-order valence-corrected chi connectivity index (χ1v) is 10.0. The van der Waals surface area contributed by atoms with E-state index in [1.807, 2.05) is 47.5 Å². The van der Waals surface area contributed by atoms with E-state index >= 15 is 0 Å². The van der Waals surface area contributed by atoms with Crippen molar-refractivity contribution in [2.75, 3.05) is 13.1 Å². The summed E-state index contributed by atoms with van der Waals surface area (Å²) in [5, 5.41) is 0.968. The van der Waals surface area contributed by atoms with Crippen LogP contribution in [-0.4, -0.2) is 33.9 Å². The van der Waals surface area contributed by atoms with Crippen molar-refractivity contribution < 1.29 is 4.79 Å². The molecule has 2 aromatic heterocycles. The number of hydrogen-bond donors (Lipinski definition) is 1. The molecule has 0 bridgehead atoms. The van der Waals surface area contributed by atoms with E-state index in [4.69, 9.17) is 28.9 Å². The first kappa shape index (κ1) is 21.2. The molecule has 1 atom stereocenters. The third-order valence-corrected chi connectivity index (χ3v) is 5.56. The summed E-state index contributed by atoms with van der Waals surface area (Å²) in [7, 11) is 0. The maximum absolute atomic E-state index is 11.9. The standard InChI is InChI=1S/C22H22Cl2N4O/c23-19-5-1-4-18(22(19)24)20(13-17-3-2-9-27-14-17)28(15-21(25)29)12-8-16-6-10-26-11-7-16/h1-7,9-11,14,20H,8,12-13,15H2,(H2,25,29). The lowest BCUT2D eigenvalue weighted by Crippen LogP contribution is -2.39. The average Bonchev–Trinajstić information content (AvgIpc) is 2.73. The monoisotopic (exact) mass is 428 g/mol. The van der Waals surface area contributed by atoms with Gasteiger partial charge in [0.1, 0.15) is 0 Å². The topological polar surface area (TPSA) is 72.1 Å². The van der Waals surface area contributed by atoms with E-state index in [2.05, 4.69) is 9.97 Å². The third kappa shape index (κ3) is 6.00. The quantitative estimate of drug-likeness (QED) is 0.556. The van der Waals surface area contributed by atoms with E-state index in [0.717, 1.165) is 23.1 Å². The summed E-state index contributed by atoms with van der Waals surface area (Å²) in [6.07, 6.45) is 8.44. The number of aromatic nitrogens is 2. The molecular formula is C22H22Cl2N4O. The van der Waals surface area contributed by atoms with Gasteiger partial charge in [0.2, 0.25) is 5.91 Å². The zero-order chi connectivity index (χ0) is 20.6. The molecule has 0 aliphatic rings. The van der Waals surface area contributed by atoms with Crippen LogP contribution in [0.15, 0.2) is 67.3 Å². The van der Waals surface area contributed by atoms with Crippen LogP contribution >= 0.6 is 23.2 Å². The van der Waals surface area contributed by atoms with Crippen LogP contribution in [0.3, 0.4) is 0 Å². The van der Waals surface area contributed by atoms with Gasteiger partial charge in [0.15, 0.2) is 0 Å². The highest BCUT2D eigenvalue weighted by Crippen LogP contribution is 2.34. The van der Waals surface area contributed by atoms with Crippen LogP contribution < -0.4 is 5.73 Å².